The van der Waals surface area contributed by atoms with Gasteiger partial charge in [0.15, 0.2) is 5.69 Å². The van der Waals surface area contributed by atoms with Gasteiger partial charge in [0.1, 0.15) is 0 Å². The van der Waals surface area contributed by atoms with Gasteiger partial charge in [0.2, 0.25) is 0 Å². The summed E-state index contributed by atoms with van der Waals surface area (Å²) in [6.45, 7) is 1.55. The lowest BCUT2D eigenvalue weighted by Gasteiger charge is -2.20. The van der Waals surface area contributed by atoms with E-state index >= 15 is 0 Å². The third-order valence-corrected chi connectivity index (χ3v) is 2.65. The molecule has 1 aromatic heterocycles. The number of carbonyl (C=O) groups is 1. The van der Waals surface area contributed by atoms with E-state index in [1.165, 1.54) is 7.11 Å². The van der Waals surface area contributed by atoms with Gasteiger partial charge in [-0.15, -0.1) is 0 Å². The molecule has 15 heavy (non-hydrogen) atoms. The summed E-state index contributed by atoms with van der Waals surface area (Å²) in [6.07, 6.45) is 1.95. The van der Waals surface area contributed by atoms with Crippen LogP contribution in [-0.2, 0) is 9.47 Å². The maximum absolute atomic E-state index is 11.2. The average molecular weight is 210 g/mol. The number of esters is 1. The number of aromatic nitrogens is 2. The molecular formula is C10H14N2O3. The fraction of sp³-hybridized carbons (Fsp3) is 0.600. The summed E-state index contributed by atoms with van der Waals surface area (Å²) in [7, 11) is 1.35. The molecular weight excluding hydrogens is 196 g/mol. The average Bonchev–Trinajstić information content (AvgIpc) is 2.78. The van der Waals surface area contributed by atoms with E-state index in [1.54, 1.807) is 6.07 Å². The van der Waals surface area contributed by atoms with Gasteiger partial charge < -0.3 is 9.47 Å². The van der Waals surface area contributed by atoms with Crippen LogP contribution in [0, 0.1) is 0 Å². The highest BCUT2D eigenvalue weighted by molar-refractivity contribution is 5.87. The van der Waals surface area contributed by atoms with Crippen LogP contribution in [0.5, 0.6) is 0 Å². The summed E-state index contributed by atoms with van der Waals surface area (Å²) >= 11 is 0. The van der Waals surface area contributed by atoms with Crippen molar-refractivity contribution in [3.8, 4) is 0 Å². The number of nitrogens with zero attached hydrogens (tertiary/aromatic N) is 1. The number of hydrogen-bond donors (Lipinski definition) is 1. The Morgan fingerprint density at radius 2 is 2.33 bits per heavy atom. The van der Waals surface area contributed by atoms with Crippen molar-refractivity contribution in [1.29, 1.82) is 0 Å². The number of aromatic amines is 1. The van der Waals surface area contributed by atoms with Gasteiger partial charge >= 0.3 is 5.97 Å². The second kappa shape index (κ2) is 4.44. The summed E-state index contributed by atoms with van der Waals surface area (Å²) in [5.41, 5.74) is 1.35. The third kappa shape index (κ3) is 2.18. The van der Waals surface area contributed by atoms with E-state index < -0.39 is 5.97 Å². The van der Waals surface area contributed by atoms with Gasteiger partial charge in [0, 0.05) is 24.8 Å². The quantitative estimate of drug-likeness (QED) is 0.742. The van der Waals surface area contributed by atoms with E-state index in [0.717, 1.165) is 31.7 Å². The maximum atomic E-state index is 11.2. The highest BCUT2D eigenvalue weighted by Crippen LogP contribution is 2.25. The summed E-state index contributed by atoms with van der Waals surface area (Å²) in [5.74, 6) is 0.0224. The molecule has 0 bridgehead atoms. The van der Waals surface area contributed by atoms with Crippen molar-refractivity contribution in [3.05, 3.63) is 17.5 Å². The van der Waals surface area contributed by atoms with Gasteiger partial charge in [-0.25, -0.2) is 4.79 Å². The van der Waals surface area contributed by atoms with Crippen LogP contribution in [0.2, 0.25) is 0 Å². The molecule has 0 saturated carbocycles. The zero-order valence-electron chi connectivity index (χ0n) is 8.66. The minimum absolute atomic E-state index is 0.346. The summed E-state index contributed by atoms with van der Waals surface area (Å²) < 4.78 is 9.86. The van der Waals surface area contributed by atoms with Crippen LogP contribution in [0.25, 0.3) is 0 Å². The van der Waals surface area contributed by atoms with Crippen LogP contribution < -0.4 is 0 Å². The van der Waals surface area contributed by atoms with Crippen LogP contribution in [0.4, 0.5) is 0 Å². The van der Waals surface area contributed by atoms with Gasteiger partial charge in [-0.05, 0) is 18.9 Å². The minimum Gasteiger partial charge on any atom is -0.464 e. The van der Waals surface area contributed by atoms with Crippen molar-refractivity contribution >= 4 is 5.97 Å². The zero-order chi connectivity index (χ0) is 10.7. The van der Waals surface area contributed by atoms with Crippen molar-refractivity contribution in [3.63, 3.8) is 0 Å². The highest BCUT2D eigenvalue weighted by atomic mass is 16.5. The summed E-state index contributed by atoms with van der Waals surface area (Å²) in [5, 5.41) is 6.81. The molecule has 0 radical (unpaired) electrons. The van der Waals surface area contributed by atoms with Gasteiger partial charge in [0.25, 0.3) is 0 Å². The van der Waals surface area contributed by atoms with Crippen molar-refractivity contribution in [2.75, 3.05) is 20.3 Å². The second-order valence-corrected chi connectivity index (χ2v) is 3.59. The molecule has 1 aromatic rings. The van der Waals surface area contributed by atoms with E-state index in [2.05, 4.69) is 14.9 Å². The first kappa shape index (κ1) is 10.2. The molecule has 0 aromatic carbocycles. The molecule has 82 valence electrons. The first-order chi connectivity index (χ1) is 7.31. The number of carbonyl (C=O) groups excluding carboxylic acids is 1. The molecule has 1 N–H and O–H groups in total. The molecule has 1 fully saturated rings. The zero-order valence-corrected chi connectivity index (χ0v) is 8.66. The topological polar surface area (TPSA) is 64.2 Å². The Balaban J connectivity index is 2.08. The van der Waals surface area contributed by atoms with E-state index in [-0.39, 0.29) is 0 Å². The minimum atomic E-state index is -0.399. The van der Waals surface area contributed by atoms with E-state index in [1.807, 2.05) is 0 Å². The van der Waals surface area contributed by atoms with Gasteiger partial charge in [-0.2, -0.15) is 5.10 Å². The Bertz CT molecular complexity index is 342. The third-order valence-electron chi connectivity index (χ3n) is 2.65. The van der Waals surface area contributed by atoms with Gasteiger partial charge in [-0.1, -0.05) is 0 Å². The smallest absolute Gasteiger partial charge is 0.358 e. The summed E-state index contributed by atoms with van der Waals surface area (Å²) in [6, 6.07) is 1.77. The first-order valence-corrected chi connectivity index (χ1v) is 5.02. The number of hydrogen-bond acceptors (Lipinski definition) is 4. The Morgan fingerprint density at radius 1 is 1.60 bits per heavy atom. The Labute approximate surface area is 87.8 Å². The lowest BCUT2D eigenvalue weighted by Crippen LogP contribution is -2.14. The molecule has 0 aliphatic carbocycles. The fourth-order valence-electron chi connectivity index (χ4n) is 1.76. The molecule has 5 heteroatoms. The highest BCUT2D eigenvalue weighted by Gasteiger charge is 2.19. The molecule has 0 unspecified atom stereocenters. The monoisotopic (exact) mass is 210 g/mol. The van der Waals surface area contributed by atoms with Crippen LogP contribution in [0.15, 0.2) is 6.07 Å². The van der Waals surface area contributed by atoms with Crippen LogP contribution in [-0.4, -0.2) is 36.5 Å². The molecule has 0 spiro atoms. The maximum Gasteiger partial charge on any atom is 0.358 e. The van der Waals surface area contributed by atoms with E-state index in [9.17, 15) is 4.79 Å². The number of methoxy groups -OCH3 is 1. The number of H-pyrrole nitrogens is 1. The lowest BCUT2D eigenvalue weighted by molar-refractivity contribution is 0.0594. The van der Waals surface area contributed by atoms with Crippen molar-refractivity contribution < 1.29 is 14.3 Å². The lowest BCUT2D eigenvalue weighted by atomic mass is 9.96. The van der Waals surface area contributed by atoms with Crippen molar-refractivity contribution in [1.82, 2.24) is 10.2 Å². The standard InChI is InChI=1S/C10H14N2O3/c1-14-10(13)9-6-8(11-12-9)7-2-4-15-5-3-7/h6-7H,2-5H2,1H3,(H,11,12). The van der Waals surface area contributed by atoms with Crippen LogP contribution in [0.1, 0.15) is 34.9 Å². The Hall–Kier alpha value is -1.36. The fourth-order valence-corrected chi connectivity index (χ4v) is 1.76. The molecule has 2 rings (SSSR count). The number of rotatable bonds is 2. The molecule has 2 heterocycles. The van der Waals surface area contributed by atoms with Crippen LogP contribution in [0.3, 0.4) is 0 Å². The van der Waals surface area contributed by atoms with Crippen LogP contribution >= 0.6 is 0 Å². The van der Waals surface area contributed by atoms with Gasteiger partial charge in [-0.3, -0.25) is 5.10 Å². The number of ether oxygens (including phenoxy) is 2. The molecule has 0 amide bonds. The molecule has 5 nitrogen and oxygen atoms in total. The largest absolute Gasteiger partial charge is 0.464 e. The predicted molar refractivity (Wildman–Crippen MR) is 52.7 cm³/mol. The first-order valence-electron chi connectivity index (χ1n) is 5.02. The van der Waals surface area contributed by atoms with Gasteiger partial charge in [0.05, 0.1) is 7.11 Å². The summed E-state index contributed by atoms with van der Waals surface area (Å²) in [4.78, 5) is 11.2. The molecule has 1 aliphatic rings. The molecule has 0 atom stereocenters. The van der Waals surface area contributed by atoms with Crippen molar-refractivity contribution in [2.24, 2.45) is 0 Å². The molecule has 1 aliphatic heterocycles. The van der Waals surface area contributed by atoms with E-state index in [4.69, 9.17) is 4.74 Å². The van der Waals surface area contributed by atoms with Crippen molar-refractivity contribution in [2.45, 2.75) is 18.8 Å². The SMILES string of the molecule is COC(=O)c1cc(C2CCOCC2)[nH]n1. The Morgan fingerprint density at radius 3 is 3.00 bits per heavy atom. The van der Waals surface area contributed by atoms with E-state index in [0.29, 0.717) is 11.6 Å². The number of nitrogens with one attached hydrogen (secondary N) is 1. The normalized spacial score (nSPS) is 17.7. The second-order valence-electron chi connectivity index (χ2n) is 3.59. The Kier molecular flexibility index (Phi) is 3.01. The predicted octanol–water partition coefficient (Wildman–Crippen LogP) is 1.09. The molecule has 1 saturated heterocycles.